The smallest absolute Gasteiger partial charge is 0.222 e. The maximum Gasteiger partial charge on any atom is 0.222 e. The lowest BCUT2D eigenvalue weighted by atomic mass is 10.1. The van der Waals surface area contributed by atoms with Gasteiger partial charge in [-0.05, 0) is 18.6 Å². The summed E-state index contributed by atoms with van der Waals surface area (Å²) in [5.74, 6) is 0.238. The van der Waals surface area contributed by atoms with Crippen molar-refractivity contribution in [2.75, 3.05) is 6.54 Å². The van der Waals surface area contributed by atoms with Gasteiger partial charge in [0.05, 0.1) is 0 Å². The van der Waals surface area contributed by atoms with Crippen LogP contribution in [0.15, 0.2) is 24.4 Å². The molecule has 0 saturated heterocycles. The van der Waals surface area contributed by atoms with Crippen molar-refractivity contribution < 1.29 is 4.79 Å². The van der Waals surface area contributed by atoms with E-state index in [4.69, 9.17) is 0 Å². The lowest BCUT2D eigenvalue weighted by Gasteiger charge is -2.09. The van der Waals surface area contributed by atoms with Crippen LogP contribution in [0, 0.1) is 5.92 Å². The monoisotopic (exact) mass is 206 g/mol. The molecule has 1 aromatic rings. The van der Waals surface area contributed by atoms with E-state index in [-0.39, 0.29) is 11.8 Å². The zero-order valence-electron chi connectivity index (χ0n) is 9.36. The second kappa shape index (κ2) is 6.17. The highest BCUT2D eigenvalue weighted by Gasteiger charge is 2.08. The molecule has 0 radical (unpaired) electrons. The summed E-state index contributed by atoms with van der Waals surface area (Å²) in [6, 6.07) is 5.81. The van der Waals surface area contributed by atoms with Crippen molar-refractivity contribution in [3.05, 3.63) is 30.1 Å². The molecule has 3 heteroatoms. The van der Waals surface area contributed by atoms with Gasteiger partial charge < -0.3 is 5.32 Å². The minimum absolute atomic E-state index is 0.105. The first-order valence-electron chi connectivity index (χ1n) is 5.41. The van der Waals surface area contributed by atoms with Crippen molar-refractivity contribution >= 4 is 5.91 Å². The third-order valence-electron chi connectivity index (χ3n) is 2.47. The Kier molecular flexibility index (Phi) is 4.81. The van der Waals surface area contributed by atoms with Crippen molar-refractivity contribution in [2.45, 2.75) is 26.7 Å². The Labute approximate surface area is 90.9 Å². The molecule has 0 spiro atoms. The molecule has 0 fully saturated rings. The second-order valence-electron chi connectivity index (χ2n) is 3.67. The van der Waals surface area contributed by atoms with Crippen LogP contribution in [0.25, 0.3) is 0 Å². The number of amides is 1. The lowest BCUT2D eigenvalue weighted by Crippen LogP contribution is -2.30. The summed E-state index contributed by atoms with van der Waals surface area (Å²) < 4.78 is 0. The summed E-state index contributed by atoms with van der Waals surface area (Å²) in [6.07, 6.45) is 3.45. The highest BCUT2D eigenvalue weighted by atomic mass is 16.1. The minimum Gasteiger partial charge on any atom is -0.355 e. The van der Waals surface area contributed by atoms with Crippen LogP contribution in [-0.2, 0) is 11.2 Å². The third kappa shape index (κ3) is 4.11. The van der Waals surface area contributed by atoms with Crippen LogP contribution < -0.4 is 5.32 Å². The zero-order chi connectivity index (χ0) is 11.1. The van der Waals surface area contributed by atoms with E-state index in [2.05, 4.69) is 10.3 Å². The molecular weight excluding hydrogens is 188 g/mol. The van der Waals surface area contributed by atoms with Gasteiger partial charge in [0.1, 0.15) is 0 Å². The molecule has 0 saturated carbocycles. The van der Waals surface area contributed by atoms with Gasteiger partial charge in [0.2, 0.25) is 5.91 Å². The summed E-state index contributed by atoms with van der Waals surface area (Å²) in [7, 11) is 0. The van der Waals surface area contributed by atoms with E-state index >= 15 is 0 Å². The summed E-state index contributed by atoms with van der Waals surface area (Å²) in [4.78, 5) is 15.6. The maximum atomic E-state index is 11.4. The number of carbonyl (C=O) groups excluding carboxylic acids is 1. The maximum absolute atomic E-state index is 11.4. The van der Waals surface area contributed by atoms with E-state index in [1.54, 1.807) is 6.20 Å². The fourth-order valence-electron chi connectivity index (χ4n) is 1.22. The van der Waals surface area contributed by atoms with Crippen LogP contribution >= 0.6 is 0 Å². The molecule has 3 nitrogen and oxygen atoms in total. The molecule has 0 aliphatic heterocycles. The first-order chi connectivity index (χ1) is 7.24. The molecule has 0 unspecified atom stereocenters. The molecule has 0 aromatic carbocycles. The van der Waals surface area contributed by atoms with Gasteiger partial charge in [-0.3, -0.25) is 9.78 Å². The van der Waals surface area contributed by atoms with E-state index in [1.807, 2.05) is 32.0 Å². The third-order valence-corrected chi connectivity index (χ3v) is 2.47. The van der Waals surface area contributed by atoms with Crippen LogP contribution in [0.3, 0.4) is 0 Å². The predicted molar refractivity (Wildman–Crippen MR) is 60.4 cm³/mol. The van der Waals surface area contributed by atoms with Gasteiger partial charge in [-0.2, -0.15) is 0 Å². The second-order valence-corrected chi connectivity index (χ2v) is 3.67. The van der Waals surface area contributed by atoms with Crippen LogP contribution in [0.4, 0.5) is 0 Å². The van der Waals surface area contributed by atoms with Crippen molar-refractivity contribution in [3.8, 4) is 0 Å². The number of carbonyl (C=O) groups is 1. The Hall–Kier alpha value is -1.38. The fraction of sp³-hybridized carbons (Fsp3) is 0.500. The standard InChI is InChI=1S/C12H18N2O/c1-3-10(2)12(15)14-9-7-11-6-4-5-8-13-11/h4-6,8,10H,3,7,9H2,1-2H3,(H,14,15)/t10-/m0/s1. The van der Waals surface area contributed by atoms with Crippen molar-refractivity contribution in [2.24, 2.45) is 5.92 Å². The largest absolute Gasteiger partial charge is 0.355 e. The normalized spacial score (nSPS) is 12.1. The van der Waals surface area contributed by atoms with Gasteiger partial charge in [-0.1, -0.05) is 19.9 Å². The highest BCUT2D eigenvalue weighted by Crippen LogP contribution is 2.00. The molecule has 1 aromatic heterocycles. The number of hydrogen-bond acceptors (Lipinski definition) is 2. The Morgan fingerprint density at radius 3 is 2.93 bits per heavy atom. The molecule has 0 bridgehead atoms. The van der Waals surface area contributed by atoms with Crippen LogP contribution in [0.1, 0.15) is 26.0 Å². The Bertz CT molecular complexity index is 298. The summed E-state index contributed by atoms with van der Waals surface area (Å²) in [5, 5.41) is 2.90. The number of nitrogens with zero attached hydrogens (tertiary/aromatic N) is 1. The molecule has 1 amide bonds. The number of nitrogens with one attached hydrogen (secondary N) is 1. The zero-order valence-corrected chi connectivity index (χ0v) is 9.36. The number of hydrogen-bond donors (Lipinski definition) is 1. The number of rotatable bonds is 5. The molecule has 15 heavy (non-hydrogen) atoms. The Morgan fingerprint density at radius 1 is 1.53 bits per heavy atom. The summed E-state index contributed by atoms with van der Waals surface area (Å²) in [6.45, 7) is 4.62. The molecule has 1 N–H and O–H groups in total. The average molecular weight is 206 g/mol. The van der Waals surface area contributed by atoms with Crippen LogP contribution in [0.5, 0.6) is 0 Å². The molecule has 1 rings (SSSR count). The number of aromatic nitrogens is 1. The molecule has 1 atom stereocenters. The van der Waals surface area contributed by atoms with E-state index < -0.39 is 0 Å². The lowest BCUT2D eigenvalue weighted by molar-refractivity contribution is -0.124. The first kappa shape index (κ1) is 11.7. The molecule has 82 valence electrons. The van der Waals surface area contributed by atoms with Crippen molar-refractivity contribution in [1.29, 1.82) is 0 Å². The number of pyridine rings is 1. The van der Waals surface area contributed by atoms with E-state index in [0.29, 0.717) is 6.54 Å². The summed E-state index contributed by atoms with van der Waals surface area (Å²) in [5.41, 5.74) is 1.02. The first-order valence-corrected chi connectivity index (χ1v) is 5.41. The van der Waals surface area contributed by atoms with E-state index in [0.717, 1.165) is 18.5 Å². The topological polar surface area (TPSA) is 42.0 Å². The van der Waals surface area contributed by atoms with Gasteiger partial charge in [0, 0.05) is 30.8 Å². The molecule has 0 aliphatic rings. The minimum atomic E-state index is 0.105. The van der Waals surface area contributed by atoms with Crippen LogP contribution in [-0.4, -0.2) is 17.4 Å². The average Bonchev–Trinajstić information content (AvgIpc) is 2.29. The molecule has 1 heterocycles. The van der Waals surface area contributed by atoms with Gasteiger partial charge >= 0.3 is 0 Å². The van der Waals surface area contributed by atoms with Crippen LogP contribution in [0.2, 0.25) is 0 Å². The van der Waals surface area contributed by atoms with E-state index in [9.17, 15) is 4.79 Å². The molecule has 0 aliphatic carbocycles. The van der Waals surface area contributed by atoms with Crippen molar-refractivity contribution in [3.63, 3.8) is 0 Å². The van der Waals surface area contributed by atoms with Crippen molar-refractivity contribution in [1.82, 2.24) is 10.3 Å². The van der Waals surface area contributed by atoms with E-state index in [1.165, 1.54) is 0 Å². The fourth-order valence-corrected chi connectivity index (χ4v) is 1.22. The SMILES string of the molecule is CC[C@H](C)C(=O)NCCc1ccccn1. The predicted octanol–water partition coefficient (Wildman–Crippen LogP) is 1.79. The van der Waals surface area contributed by atoms with Gasteiger partial charge in [-0.25, -0.2) is 0 Å². The van der Waals surface area contributed by atoms with Gasteiger partial charge in [-0.15, -0.1) is 0 Å². The quantitative estimate of drug-likeness (QED) is 0.798. The van der Waals surface area contributed by atoms with Gasteiger partial charge in [0.15, 0.2) is 0 Å². The summed E-state index contributed by atoms with van der Waals surface area (Å²) >= 11 is 0. The Balaban J connectivity index is 2.25. The molecular formula is C12H18N2O. The highest BCUT2D eigenvalue weighted by molar-refractivity contribution is 5.78. The Morgan fingerprint density at radius 2 is 2.33 bits per heavy atom. The van der Waals surface area contributed by atoms with Gasteiger partial charge in [0.25, 0.3) is 0 Å².